The Hall–Kier alpha value is -1.40. The Morgan fingerprint density at radius 3 is 2.57 bits per heavy atom. The van der Waals surface area contributed by atoms with Crippen LogP contribution < -0.4 is 0 Å². The van der Waals surface area contributed by atoms with E-state index in [2.05, 4.69) is 4.90 Å². The van der Waals surface area contributed by atoms with Crippen LogP contribution in [-0.2, 0) is 22.1 Å². The first kappa shape index (κ1) is 16.0. The fraction of sp³-hybridized carbons (Fsp3) is 0.533. The molecule has 0 spiro atoms. The highest BCUT2D eigenvalue weighted by atomic mass is 19.4. The summed E-state index contributed by atoms with van der Waals surface area (Å²) in [6.07, 6.45) is -4.74. The van der Waals surface area contributed by atoms with E-state index in [1.807, 2.05) is 6.92 Å². The van der Waals surface area contributed by atoms with Gasteiger partial charge in [-0.25, -0.2) is 0 Å². The van der Waals surface area contributed by atoms with Gasteiger partial charge in [-0.2, -0.15) is 13.2 Å². The molecule has 0 N–H and O–H groups in total. The number of rotatable bonds is 4. The zero-order chi connectivity index (χ0) is 15.5. The van der Waals surface area contributed by atoms with Crippen molar-refractivity contribution in [2.45, 2.75) is 25.6 Å². The van der Waals surface area contributed by atoms with Gasteiger partial charge in [0.05, 0.1) is 12.2 Å². The number of benzene rings is 1. The molecule has 0 saturated carbocycles. The zero-order valence-corrected chi connectivity index (χ0v) is 11.8. The Labute approximate surface area is 121 Å². The standard InChI is InChI=1S/C15H18F3NO2/c1-2-19-7-8-21-14(10-19)13(20)9-11-3-5-12(6-4-11)15(16,17)18/h3-6,14H,2,7-10H2,1H3. The second-order valence-electron chi connectivity index (χ2n) is 5.09. The van der Waals surface area contributed by atoms with Crippen molar-refractivity contribution in [1.82, 2.24) is 4.90 Å². The first-order valence-electron chi connectivity index (χ1n) is 6.93. The van der Waals surface area contributed by atoms with Crippen LogP contribution in [0.4, 0.5) is 13.2 Å². The van der Waals surface area contributed by atoms with Crippen molar-refractivity contribution in [1.29, 1.82) is 0 Å². The highest BCUT2D eigenvalue weighted by Gasteiger charge is 2.30. The van der Waals surface area contributed by atoms with Crippen LogP contribution in [0.25, 0.3) is 0 Å². The van der Waals surface area contributed by atoms with Crippen molar-refractivity contribution in [3.63, 3.8) is 0 Å². The molecule has 1 aliphatic heterocycles. The fourth-order valence-electron chi connectivity index (χ4n) is 2.31. The molecule has 1 saturated heterocycles. The molecule has 1 aromatic rings. The molecule has 1 aliphatic rings. The number of morpholine rings is 1. The molecule has 0 amide bonds. The highest BCUT2D eigenvalue weighted by Crippen LogP contribution is 2.29. The minimum absolute atomic E-state index is 0.0899. The van der Waals surface area contributed by atoms with Gasteiger partial charge in [-0.1, -0.05) is 19.1 Å². The first-order chi connectivity index (χ1) is 9.90. The van der Waals surface area contributed by atoms with E-state index in [1.165, 1.54) is 12.1 Å². The van der Waals surface area contributed by atoms with Crippen molar-refractivity contribution in [3.8, 4) is 0 Å². The molecule has 0 radical (unpaired) electrons. The van der Waals surface area contributed by atoms with Gasteiger partial charge in [0.2, 0.25) is 0 Å². The number of carbonyl (C=O) groups excluding carboxylic acids is 1. The molecule has 21 heavy (non-hydrogen) atoms. The maximum absolute atomic E-state index is 12.5. The lowest BCUT2D eigenvalue weighted by molar-refractivity contribution is -0.137. The second-order valence-corrected chi connectivity index (χ2v) is 5.09. The van der Waals surface area contributed by atoms with Crippen molar-refractivity contribution in [3.05, 3.63) is 35.4 Å². The maximum Gasteiger partial charge on any atom is 0.416 e. The van der Waals surface area contributed by atoms with E-state index >= 15 is 0 Å². The van der Waals surface area contributed by atoms with Gasteiger partial charge in [0, 0.05) is 19.5 Å². The molecular weight excluding hydrogens is 283 g/mol. The van der Waals surface area contributed by atoms with Crippen molar-refractivity contribution < 1.29 is 22.7 Å². The Balaban J connectivity index is 1.96. The van der Waals surface area contributed by atoms with E-state index in [0.29, 0.717) is 18.7 Å². The molecule has 1 fully saturated rings. The third-order valence-electron chi connectivity index (χ3n) is 3.62. The molecule has 1 heterocycles. The van der Waals surface area contributed by atoms with E-state index in [4.69, 9.17) is 4.74 Å². The van der Waals surface area contributed by atoms with E-state index in [0.717, 1.165) is 25.2 Å². The monoisotopic (exact) mass is 301 g/mol. The highest BCUT2D eigenvalue weighted by molar-refractivity contribution is 5.85. The average Bonchev–Trinajstić information content (AvgIpc) is 2.47. The summed E-state index contributed by atoms with van der Waals surface area (Å²) in [6.45, 7) is 4.74. The van der Waals surface area contributed by atoms with Gasteiger partial charge >= 0.3 is 6.18 Å². The molecule has 1 atom stereocenters. The van der Waals surface area contributed by atoms with Crippen LogP contribution in [0.5, 0.6) is 0 Å². The number of Topliss-reactive ketones (excluding diaryl/α,β-unsaturated/α-hetero) is 1. The Morgan fingerprint density at radius 2 is 2.00 bits per heavy atom. The van der Waals surface area contributed by atoms with Crippen LogP contribution in [0.1, 0.15) is 18.1 Å². The summed E-state index contributed by atoms with van der Waals surface area (Å²) < 4.78 is 42.8. The fourth-order valence-corrected chi connectivity index (χ4v) is 2.31. The summed E-state index contributed by atoms with van der Waals surface area (Å²) in [4.78, 5) is 14.3. The number of alkyl halides is 3. The number of ether oxygens (including phenoxy) is 1. The third kappa shape index (κ3) is 4.28. The molecule has 0 aromatic heterocycles. The lowest BCUT2D eigenvalue weighted by atomic mass is 10.0. The summed E-state index contributed by atoms with van der Waals surface area (Å²) in [5.74, 6) is -0.0899. The number of halogens is 3. The van der Waals surface area contributed by atoms with Crippen LogP contribution in [0.2, 0.25) is 0 Å². The van der Waals surface area contributed by atoms with Crippen LogP contribution in [-0.4, -0.2) is 43.0 Å². The second kappa shape index (κ2) is 6.58. The van der Waals surface area contributed by atoms with Gasteiger partial charge in [-0.3, -0.25) is 9.69 Å². The van der Waals surface area contributed by atoms with Gasteiger partial charge in [0.15, 0.2) is 5.78 Å². The van der Waals surface area contributed by atoms with Crippen molar-refractivity contribution in [2.24, 2.45) is 0 Å². The third-order valence-corrected chi connectivity index (χ3v) is 3.62. The maximum atomic E-state index is 12.5. The molecule has 3 nitrogen and oxygen atoms in total. The van der Waals surface area contributed by atoms with Gasteiger partial charge in [0.25, 0.3) is 0 Å². The molecule has 116 valence electrons. The molecule has 0 aliphatic carbocycles. The summed E-state index contributed by atoms with van der Waals surface area (Å²) >= 11 is 0. The largest absolute Gasteiger partial charge is 0.416 e. The minimum Gasteiger partial charge on any atom is -0.368 e. The van der Waals surface area contributed by atoms with E-state index in [-0.39, 0.29) is 12.2 Å². The predicted molar refractivity (Wildman–Crippen MR) is 72.0 cm³/mol. The summed E-state index contributed by atoms with van der Waals surface area (Å²) in [6, 6.07) is 4.70. The molecule has 1 unspecified atom stereocenters. The first-order valence-corrected chi connectivity index (χ1v) is 6.93. The van der Waals surface area contributed by atoms with Gasteiger partial charge in [-0.15, -0.1) is 0 Å². The number of ketones is 1. The zero-order valence-electron chi connectivity index (χ0n) is 11.8. The number of carbonyl (C=O) groups is 1. The van der Waals surface area contributed by atoms with Gasteiger partial charge in [-0.05, 0) is 24.2 Å². The Bertz CT molecular complexity index is 485. The van der Waals surface area contributed by atoms with Crippen LogP contribution in [0.15, 0.2) is 24.3 Å². The number of hydrogen-bond donors (Lipinski definition) is 0. The number of hydrogen-bond acceptors (Lipinski definition) is 3. The lowest BCUT2D eigenvalue weighted by Crippen LogP contribution is -2.46. The minimum atomic E-state index is -4.35. The van der Waals surface area contributed by atoms with Crippen LogP contribution in [0, 0.1) is 0 Å². The van der Waals surface area contributed by atoms with Gasteiger partial charge < -0.3 is 4.74 Å². The van der Waals surface area contributed by atoms with Crippen LogP contribution >= 0.6 is 0 Å². The molecule has 1 aromatic carbocycles. The average molecular weight is 301 g/mol. The van der Waals surface area contributed by atoms with E-state index < -0.39 is 17.8 Å². The van der Waals surface area contributed by atoms with E-state index in [1.54, 1.807) is 0 Å². The van der Waals surface area contributed by atoms with Gasteiger partial charge in [0.1, 0.15) is 6.10 Å². The topological polar surface area (TPSA) is 29.5 Å². The quantitative estimate of drug-likeness (QED) is 0.856. The lowest BCUT2D eigenvalue weighted by Gasteiger charge is -2.31. The number of nitrogens with zero attached hydrogens (tertiary/aromatic N) is 1. The molecule has 2 rings (SSSR count). The summed E-state index contributed by atoms with van der Waals surface area (Å²) in [5, 5.41) is 0. The number of likely N-dealkylation sites (N-methyl/N-ethyl adjacent to an activating group) is 1. The molecule has 6 heteroatoms. The van der Waals surface area contributed by atoms with E-state index in [9.17, 15) is 18.0 Å². The Morgan fingerprint density at radius 1 is 1.33 bits per heavy atom. The molecular formula is C15H18F3NO2. The Kier molecular flexibility index (Phi) is 5.00. The predicted octanol–water partition coefficient (Wildman–Crippen LogP) is 2.54. The van der Waals surface area contributed by atoms with Crippen molar-refractivity contribution >= 4 is 5.78 Å². The molecule has 0 bridgehead atoms. The summed E-state index contributed by atoms with van der Waals surface area (Å²) in [5.41, 5.74) is -0.130. The van der Waals surface area contributed by atoms with Crippen LogP contribution in [0.3, 0.4) is 0 Å². The summed E-state index contributed by atoms with van der Waals surface area (Å²) in [7, 11) is 0. The smallest absolute Gasteiger partial charge is 0.368 e. The normalized spacial score (nSPS) is 20.5. The van der Waals surface area contributed by atoms with Crippen molar-refractivity contribution in [2.75, 3.05) is 26.2 Å². The SMILES string of the molecule is CCN1CCOC(C(=O)Cc2ccc(C(F)(F)F)cc2)C1.